The molecule has 2 amide bonds. The van der Waals surface area contributed by atoms with Crippen LogP contribution < -0.4 is 18.9 Å². The molecule has 4 rings (SSSR count). The molecule has 0 aliphatic carbocycles. The third kappa shape index (κ3) is 3.92. The van der Waals surface area contributed by atoms with Gasteiger partial charge in [0.15, 0.2) is 23.0 Å². The molecule has 1 saturated heterocycles. The number of carbonyl (C=O) groups is 2. The number of benzene rings is 2. The lowest BCUT2D eigenvalue weighted by Gasteiger charge is -2.13. The summed E-state index contributed by atoms with van der Waals surface area (Å²) in [5.41, 5.74) is 1.63. The Labute approximate surface area is 179 Å². The van der Waals surface area contributed by atoms with Crippen molar-refractivity contribution in [1.29, 1.82) is 0 Å². The van der Waals surface area contributed by atoms with Gasteiger partial charge in [0.25, 0.3) is 11.1 Å². The van der Waals surface area contributed by atoms with Crippen molar-refractivity contribution in [3.05, 3.63) is 50.8 Å². The first-order chi connectivity index (χ1) is 14.0. The average Bonchev–Trinajstić information content (AvgIpc) is 3.28. The predicted molar refractivity (Wildman–Crippen MR) is 111 cm³/mol. The second-order valence-corrected chi connectivity index (χ2v) is 8.09. The van der Waals surface area contributed by atoms with E-state index < -0.39 is 0 Å². The molecule has 0 atom stereocenters. The number of fused-ring (bicyclic) bond motifs is 1. The third-order valence-corrected chi connectivity index (χ3v) is 6.04. The lowest BCUT2D eigenvalue weighted by Crippen LogP contribution is -2.22. The van der Waals surface area contributed by atoms with Crippen LogP contribution in [-0.2, 0) is 11.4 Å². The van der Waals surface area contributed by atoms with Gasteiger partial charge in [-0.3, -0.25) is 14.5 Å². The van der Waals surface area contributed by atoms with E-state index in [1.165, 1.54) is 7.05 Å². The number of rotatable bonds is 5. The predicted octanol–water partition coefficient (Wildman–Crippen LogP) is 4.43. The largest absolute Gasteiger partial charge is 0.493 e. The van der Waals surface area contributed by atoms with E-state index in [-0.39, 0.29) is 17.9 Å². The summed E-state index contributed by atoms with van der Waals surface area (Å²) in [4.78, 5) is 25.3. The zero-order chi connectivity index (χ0) is 20.5. The molecule has 0 N–H and O–H groups in total. The van der Waals surface area contributed by atoms with Crippen LogP contribution in [0.2, 0.25) is 0 Å². The van der Waals surface area contributed by atoms with E-state index in [4.69, 9.17) is 18.9 Å². The molecular formula is C20H16BrNO6S. The molecule has 150 valence electrons. The summed E-state index contributed by atoms with van der Waals surface area (Å²) in [6, 6.07) is 9.15. The van der Waals surface area contributed by atoms with Crippen LogP contribution in [0.1, 0.15) is 11.1 Å². The Kier molecular flexibility index (Phi) is 5.42. The van der Waals surface area contributed by atoms with E-state index in [0.29, 0.717) is 38.8 Å². The van der Waals surface area contributed by atoms with Crippen LogP contribution >= 0.6 is 27.7 Å². The van der Waals surface area contributed by atoms with Gasteiger partial charge in [0.1, 0.15) is 6.61 Å². The minimum atomic E-state index is -0.325. The number of amides is 2. The van der Waals surface area contributed by atoms with Gasteiger partial charge in [-0.15, -0.1) is 0 Å². The minimum absolute atomic E-state index is 0.222. The van der Waals surface area contributed by atoms with E-state index >= 15 is 0 Å². The molecule has 7 nitrogen and oxygen atoms in total. The van der Waals surface area contributed by atoms with Gasteiger partial charge in [0, 0.05) is 11.5 Å². The number of carbonyl (C=O) groups excluding carboxylic acids is 2. The van der Waals surface area contributed by atoms with Gasteiger partial charge in [0.2, 0.25) is 6.79 Å². The minimum Gasteiger partial charge on any atom is -0.493 e. The molecule has 9 heteroatoms. The van der Waals surface area contributed by atoms with E-state index in [9.17, 15) is 9.59 Å². The molecule has 0 unspecified atom stereocenters. The van der Waals surface area contributed by atoms with Crippen LogP contribution in [0.4, 0.5) is 4.79 Å². The van der Waals surface area contributed by atoms with Gasteiger partial charge in [-0.25, -0.2) is 0 Å². The Morgan fingerprint density at radius 3 is 2.69 bits per heavy atom. The molecule has 29 heavy (non-hydrogen) atoms. The molecule has 2 heterocycles. The zero-order valence-electron chi connectivity index (χ0n) is 15.6. The quantitative estimate of drug-likeness (QED) is 0.589. The van der Waals surface area contributed by atoms with E-state index in [1.54, 1.807) is 25.3 Å². The first-order valence-corrected chi connectivity index (χ1v) is 10.2. The van der Waals surface area contributed by atoms with E-state index in [2.05, 4.69) is 15.9 Å². The van der Waals surface area contributed by atoms with Crippen LogP contribution in [-0.4, -0.2) is 37.0 Å². The topological polar surface area (TPSA) is 74.3 Å². The van der Waals surface area contributed by atoms with Gasteiger partial charge in [-0.2, -0.15) is 0 Å². The molecule has 2 aromatic carbocycles. The van der Waals surface area contributed by atoms with Crippen molar-refractivity contribution in [1.82, 2.24) is 4.90 Å². The molecule has 2 aliphatic heterocycles. The van der Waals surface area contributed by atoms with Gasteiger partial charge >= 0.3 is 0 Å². The van der Waals surface area contributed by atoms with E-state index in [0.717, 1.165) is 28.0 Å². The molecule has 0 bridgehead atoms. The second-order valence-electron chi connectivity index (χ2n) is 6.24. The smallest absolute Gasteiger partial charge is 0.293 e. The van der Waals surface area contributed by atoms with Gasteiger partial charge in [-0.1, -0.05) is 22.0 Å². The van der Waals surface area contributed by atoms with Gasteiger partial charge in [0.05, 0.1) is 12.0 Å². The highest BCUT2D eigenvalue weighted by Gasteiger charge is 2.32. The fraction of sp³-hybridized carbons (Fsp3) is 0.200. The first kappa shape index (κ1) is 19.7. The highest BCUT2D eigenvalue weighted by atomic mass is 79.9. The molecule has 0 spiro atoms. The SMILES string of the molecule is COc1cc(/C=C2\SC(=O)N(C)C2=O)c(Br)cc1OCc1ccc2c(c1)OCO2. The highest BCUT2D eigenvalue weighted by molar-refractivity contribution is 9.10. The number of thioether (sulfide) groups is 1. The normalized spacial score (nSPS) is 16.7. The zero-order valence-corrected chi connectivity index (χ0v) is 18.0. The molecule has 2 aliphatic rings. The number of ether oxygens (including phenoxy) is 4. The summed E-state index contributed by atoms with van der Waals surface area (Å²) in [7, 11) is 3.00. The molecular weight excluding hydrogens is 462 g/mol. The number of methoxy groups -OCH3 is 1. The number of nitrogens with zero attached hydrogens (tertiary/aromatic N) is 1. The second kappa shape index (κ2) is 8.00. The summed E-state index contributed by atoms with van der Waals surface area (Å²) in [6.07, 6.45) is 1.66. The maximum Gasteiger partial charge on any atom is 0.293 e. The third-order valence-electron chi connectivity index (χ3n) is 4.39. The summed E-state index contributed by atoms with van der Waals surface area (Å²) < 4.78 is 22.8. The number of halogens is 1. The van der Waals surface area contributed by atoms with Crippen LogP contribution in [0.15, 0.2) is 39.7 Å². The molecule has 2 aromatic rings. The Bertz CT molecular complexity index is 1040. The first-order valence-electron chi connectivity index (χ1n) is 8.56. The Morgan fingerprint density at radius 1 is 1.17 bits per heavy atom. The monoisotopic (exact) mass is 477 g/mol. The lowest BCUT2D eigenvalue weighted by atomic mass is 10.1. The Morgan fingerprint density at radius 2 is 1.97 bits per heavy atom. The molecule has 0 saturated carbocycles. The maximum atomic E-state index is 12.1. The molecule has 0 aromatic heterocycles. The summed E-state index contributed by atoms with van der Waals surface area (Å²) in [6.45, 7) is 0.535. The number of hydrogen-bond acceptors (Lipinski definition) is 7. The Balaban J connectivity index is 1.55. The van der Waals surface area contributed by atoms with Crippen molar-refractivity contribution in [3.63, 3.8) is 0 Å². The van der Waals surface area contributed by atoms with Crippen LogP contribution in [0.5, 0.6) is 23.0 Å². The molecule has 1 fully saturated rings. The summed E-state index contributed by atoms with van der Waals surface area (Å²) in [5, 5.41) is -0.298. The van der Waals surface area contributed by atoms with E-state index in [1.807, 2.05) is 18.2 Å². The van der Waals surface area contributed by atoms with Gasteiger partial charge in [-0.05, 0) is 53.2 Å². The fourth-order valence-electron chi connectivity index (χ4n) is 2.81. The Hall–Kier alpha value is -2.65. The molecule has 0 radical (unpaired) electrons. The van der Waals surface area contributed by atoms with Gasteiger partial charge < -0.3 is 18.9 Å². The van der Waals surface area contributed by atoms with Crippen molar-refractivity contribution in [2.75, 3.05) is 21.0 Å². The summed E-state index contributed by atoms with van der Waals surface area (Å²) in [5.74, 6) is 2.14. The van der Waals surface area contributed by atoms with Crippen molar-refractivity contribution in [2.45, 2.75) is 6.61 Å². The van der Waals surface area contributed by atoms with Crippen molar-refractivity contribution in [3.8, 4) is 23.0 Å². The van der Waals surface area contributed by atoms with Crippen LogP contribution in [0.3, 0.4) is 0 Å². The van der Waals surface area contributed by atoms with Crippen molar-refractivity contribution in [2.24, 2.45) is 0 Å². The highest BCUT2D eigenvalue weighted by Crippen LogP contribution is 2.38. The maximum absolute atomic E-state index is 12.1. The fourth-order valence-corrected chi connectivity index (χ4v) is 4.07. The average molecular weight is 478 g/mol. The number of imide groups is 1. The number of hydrogen-bond donors (Lipinski definition) is 0. The standard InChI is InChI=1S/C20H16BrNO6S/c1-22-19(23)18(29-20(22)24)7-12-6-15(25-2)17(8-13(12)21)26-9-11-3-4-14-16(5-11)28-10-27-14/h3-8H,9-10H2,1-2H3/b18-7-. The van der Waals surface area contributed by atoms with Crippen molar-refractivity contribution < 1.29 is 28.5 Å². The van der Waals surface area contributed by atoms with Crippen molar-refractivity contribution >= 4 is 44.9 Å². The van der Waals surface area contributed by atoms with Crippen LogP contribution in [0.25, 0.3) is 6.08 Å². The summed E-state index contributed by atoms with van der Waals surface area (Å²) >= 11 is 4.40. The lowest BCUT2D eigenvalue weighted by molar-refractivity contribution is -0.121. The van der Waals surface area contributed by atoms with Crippen LogP contribution in [0, 0.1) is 0 Å². The number of likely N-dealkylation sites (N-methyl/N-ethyl adjacent to an activating group) is 1.